The van der Waals surface area contributed by atoms with E-state index < -0.39 is 15.8 Å². The summed E-state index contributed by atoms with van der Waals surface area (Å²) in [4.78, 5) is 0.247. The Morgan fingerprint density at radius 3 is 2.57 bits per heavy atom. The number of rotatable bonds is 2. The van der Waals surface area contributed by atoms with Crippen LogP contribution in [0.1, 0.15) is 30.4 Å². The second-order valence-electron chi connectivity index (χ2n) is 5.89. The quantitative estimate of drug-likeness (QED) is 0.842. The highest BCUT2D eigenvalue weighted by molar-refractivity contribution is 7.89. The zero-order chi connectivity index (χ0) is 15.2. The van der Waals surface area contributed by atoms with Gasteiger partial charge in [-0.3, -0.25) is 0 Å². The Kier molecular flexibility index (Phi) is 3.80. The van der Waals surface area contributed by atoms with Gasteiger partial charge in [0.25, 0.3) is 0 Å². The van der Waals surface area contributed by atoms with E-state index in [-0.39, 0.29) is 17.0 Å². The summed E-state index contributed by atoms with van der Waals surface area (Å²) in [7, 11) is -3.61. The fourth-order valence-electron chi connectivity index (χ4n) is 3.61. The van der Waals surface area contributed by atoms with Gasteiger partial charge in [0.05, 0.1) is 23.6 Å². The first-order valence-corrected chi connectivity index (χ1v) is 8.75. The van der Waals surface area contributed by atoms with Gasteiger partial charge in [0, 0.05) is 6.54 Å². The highest BCUT2D eigenvalue weighted by Gasteiger charge is 2.43. The summed E-state index contributed by atoms with van der Waals surface area (Å²) in [6.07, 6.45) is 2.75. The number of fused-ring (bicyclic) bond motifs is 1. The van der Waals surface area contributed by atoms with Crippen LogP contribution in [-0.4, -0.2) is 38.0 Å². The molecule has 0 N–H and O–H groups in total. The van der Waals surface area contributed by atoms with Crippen molar-refractivity contribution in [3.05, 3.63) is 29.1 Å². The molecular formula is C15H20FNO3S. The molecule has 0 spiro atoms. The Labute approximate surface area is 125 Å². The number of nitrogens with zero attached hydrogens (tertiary/aromatic N) is 1. The highest BCUT2D eigenvalue weighted by atomic mass is 32.2. The van der Waals surface area contributed by atoms with Crippen molar-refractivity contribution < 1.29 is 17.5 Å². The second kappa shape index (κ2) is 5.34. The van der Waals surface area contributed by atoms with Gasteiger partial charge in [-0.15, -0.1) is 0 Å². The molecule has 1 aliphatic heterocycles. The van der Waals surface area contributed by atoms with Crippen molar-refractivity contribution in [2.24, 2.45) is 0 Å². The maximum Gasteiger partial charge on any atom is 0.244 e. The van der Waals surface area contributed by atoms with Gasteiger partial charge in [-0.05, 0) is 56.4 Å². The van der Waals surface area contributed by atoms with Crippen LogP contribution in [0.5, 0.6) is 0 Å². The number of morpholine rings is 1. The van der Waals surface area contributed by atoms with E-state index in [0.717, 1.165) is 19.3 Å². The number of sulfonamides is 1. The minimum atomic E-state index is -3.61. The van der Waals surface area contributed by atoms with Crippen molar-refractivity contribution in [2.75, 3.05) is 13.2 Å². The molecule has 3 rings (SSSR count). The third kappa shape index (κ3) is 2.49. The van der Waals surface area contributed by atoms with Gasteiger partial charge in [0.1, 0.15) is 5.82 Å². The van der Waals surface area contributed by atoms with Crippen molar-refractivity contribution in [3.8, 4) is 0 Å². The Hall–Kier alpha value is -0.980. The molecule has 1 aromatic rings. The molecule has 2 aliphatic rings. The monoisotopic (exact) mass is 313 g/mol. The molecule has 1 saturated heterocycles. The van der Waals surface area contributed by atoms with Gasteiger partial charge in [0.15, 0.2) is 0 Å². The second-order valence-corrected chi connectivity index (χ2v) is 7.72. The number of ether oxygens (including phenoxy) is 1. The number of aryl methyl sites for hydroxylation is 2. The van der Waals surface area contributed by atoms with Gasteiger partial charge in [0.2, 0.25) is 10.0 Å². The molecule has 0 aromatic heterocycles. The van der Waals surface area contributed by atoms with Crippen LogP contribution in [0.3, 0.4) is 0 Å². The normalized spacial score (nSPS) is 26.8. The standard InChI is InChI=1S/C15H20FNO3S/c1-10-8-12(16)9-11(2)15(10)21(18,19)17-6-7-20-14-5-3-4-13(14)17/h8-9,13-14H,3-7H2,1-2H3. The summed E-state index contributed by atoms with van der Waals surface area (Å²) in [5, 5.41) is 0. The van der Waals surface area contributed by atoms with E-state index in [1.807, 2.05) is 0 Å². The van der Waals surface area contributed by atoms with Gasteiger partial charge in [-0.1, -0.05) is 0 Å². The van der Waals surface area contributed by atoms with E-state index in [9.17, 15) is 12.8 Å². The van der Waals surface area contributed by atoms with E-state index in [4.69, 9.17) is 4.74 Å². The molecule has 2 unspecified atom stereocenters. The maximum absolute atomic E-state index is 13.4. The molecule has 21 heavy (non-hydrogen) atoms. The van der Waals surface area contributed by atoms with Gasteiger partial charge >= 0.3 is 0 Å². The third-order valence-corrected chi connectivity index (χ3v) is 6.65. The van der Waals surface area contributed by atoms with Gasteiger partial charge < -0.3 is 4.74 Å². The molecule has 2 fully saturated rings. The van der Waals surface area contributed by atoms with E-state index in [1.54, 1.807) is 18.2 Å². The molecule has 0 radical (unpaired) electrons. The zero-order valence-electron chi connectivity index (χ0n) is 12.3. The Bertz CT molecular complexity index is 636. The lowest BCUT2D eigenvalue weighted by atomic mass is 10.1. The predicted molar refractivity (Wildman–Crippen MR) is 77.1 cm³/mol. The van der Waals surface area contributed by atoms with Crippen LogP contribution in [0.2, 0.25) is 0 Å². The molecule has 2 atom stereocenters. The van der Waals surface area contributed by atoms with Crippen LogP contribution >= 0.6 is 0 Å². The maximum atomic E-state index is 13.4. The molecule has 0 amide bonds. The van der Waals surface area contributed by atoms with Crippen LogP contribution in [0.4, 0.5) is 4.39 Å². The van der Waals surface area contributed by atoms with E-state index in [1.165, 1.54) is 12.1 Å². The zero-order valence-corrected chi connectivity index (χ0v) is 13.1. The lowest BCUT2D eigenvalue weighted by molar-refractivity contribution is -0.0242. The first-order chi connectivity index (χ1) is 9.91. The fraction of sp³-hybridized carbons (Fsp3) is 0.600. The van der Waals surface area contributed by atoms with Crippen molar-refractivity contribution in [3.63, 3.8) is 0 Å². The average molecular weight is 313 g/mol. The Morgan fingerprint density at radius 1 is 1.24 bits per heavy atom. The van der Waals surface area contributed by atoms with Gasteiger partial charge in [-0.2, -0.15) is 4.31 Å². The first kappa shape index (κ1) is 14.9. The Balaban J connectivity index is 2.04. The van der Waals surface area contributed by atoms with Crippen LogP contribution in [-0.2, 0) is 14.8 Å². The molecule has 4 nitrogen and oxygen atoms in total. The molecule has 116 valence electrons. The molecule has 0 bridgehead atoms. The smallest absolute Gasteiger partial charge is 0.244 e. The summed E-state index contributed by atoms with van der Waals surface area (Å²) >= 11 is 0. The molecule has 1 heterocycles. The number of benzene rings is 1. The van der Waals surface area contributed by atoms with E-state index >= 15 is 0 Å². The summed E-state index contributed by atoms with van der Waals surface area (Å²) in [5.74, 6) is -0.398. The van der Waals surface area contributed by atoms with Crippen molar-refractivity contribution in [1.82, 2.24) is 4.31 Å². The van der Waals surface area contributed by atoms with Crippen molar-refractivity contribution in [1.29, 1.82) is 0 Å². The summed E-state index contributed by atoms with van der Waals surface area (Å²) in [6.45, 7) is 4.10. The molecule has 1 aromatic carbocycles. The average Bonchev–Trinajstić information content (AvgIpc) is 2.84. The van der Waals surface area contributed by atoms with Crippen molar-refractivity contribution >= 4 is 10.0 Å². The molecule has 6 heteroatoms. The topological polar surface area (TPSA) is 46.6 Å². The fourth-order valence-corrected chi connectivity index (χ4v) is 5.69. The first-order valence-electron chi connectivity index (χ1n) is 7.31. The third-order valence-electron chi connectivity index (χ3n) is 4.42. The predicted octanol–water partition coefficient (Wildman–Crippen LogP) is 2.38. The summed E-state index contributed by atoms with van der Waals surface area (Å²) < 4.78 is 46.7. The Morgan fingerprint density at radius 2 is 1.90 bits per heavy atom. The lowest BCUT2D eigenvalue weighted by Gasteiger charge is -2.37. The van der Waals surface area contributed by atoms with Crippen molar-refractivity contribution in [2.45, 2.75) is 50.2 Å². The minimum absolute atomic E-state index is 0.00888. The van der Waals surface area contributed by atoms with E-state index in [0.29, 0.717) is 24.3 Å². The number of hydrogen-bond acceptors (Lipinski definition) is 3. The van der Waals surface area contributed by atoms with Crippen LogP contribution in [0, 0.1) is 19.7 Å². The lowest BCUT2D eigenvalue weighted by Crippen LogP contribution is -2.51. The number of halogens is 1. The van der Waals surface area contributed by atoms with Crippen LogP contribution in [0.15, 0.2) is 17.0 Å². The largest absolute Gasteiger partial charge is 0.375 e. The minimum Gasteiger partial charge on any atom is -0.375 e. The van der Waals surface area contributed by atoms with Gasteiger partial charge in [-0.25, -0.2) is 12.8 Å². The van der Waals surface area contributed by atoms with Crippen LogP contribution in [0.25, 0.3) is 0 Å². The summed E-state index contributed by atoms with van der Waals surface area (Å²) in [6, 6.07) is 2.49. The SMILES string of the molecule is Cc1cc(F)cc(C)c1S(=O)(=O)N1CCOC2CCCC21. The number of hydrogen-bond donors (Lipinski definition) is 0. The summed E-state index contributed by atoms with van der Waals surface area (Å²) in [5.41, 5.74) is 0.932. The highest BCUT2D eigenvalue weighted by Crippen LogP contribution is 2.35. The molecule has 1 saturated carbocycles. The van der Waals surface area contributed by atoms with E-state index in [2.05, 4.69) is 0 Å². The molecular weight excluding hydrogens is 293 g/mol. The van der Waals surface area contributed by atoms with Crippen LogP contribution < -0.4 is 0 Å². The molecule has 1 aliphatic carbocycles.